The number of nitrogens with one attached hydrogen (secondary N) is 2. The Morgan fingerprint density at radius 3 is 2.16 bits per heavy atom. The van der Waals surface area contributed by atoms with Gasteiger partial charge in [0.25, 0.3) is 0 Å². The zero-order valence-electron chi connectivity index (χ0n) is 30.3. The van der Waals surface area contributed by atoms with E-state index in [4.69, 9.17) is 18.3 Å². The summed E-state index contributed by atoms with van der Waals surface area (Å²) < 4.78 is 78.6. The molecule has 6 rings (SSSR count). The Kier molecular flexibility index (Phi) is 12.9. The number of amides is 2. The number of fused-ring (bicyclic) bond motifs is 1. The molecule has 2 N–H and O–H groups in total. The van der Waals surface area contributed by atoms with Crippen molar-refractivity contribution in [3.8, 4) is 21.7 Å². The number of phosphoric ester groups is 1. The number of anilines is 1. The first-order valence-corrected chi connectivity index (χ1v) is 19.6. The van der Waals surface area contributed by atoms with E-state index in [-0.39, 0.29) is 58.4 Å². The monoisotopic (exact) mass is 822 g/mol. The van der Waals surface area contributed by atoms with E-state index in [9.17, 15) is 32.1 Å². The van der Waals surface area contributed by atoms with Gasteiger partial charge in [0.05, 0.1) is 25.2 Å². The Labute approximate surface area is 327 Å². The first kappa shape index (κ1) is 40.9. The number of rotatable bonds is 15. The molecule has 0 unspecified atom stereocenters. The van der Waals surface area contributed by atoms with Crippen molar-refractivity contribution in [1.29, 1.82) is 0 Å². The quantitative estimate of drug-likeness (QED) is 0.0752. The highest BCUT2D eigenvalue weighted by molar-refractivity contribution is 7.48. The molecule has 0 aliphatic rings. The molecule has 2 aromatic carbocycles. The van der Waals surface area contributed by atoms with Gasteiger partial charge in [-0.25, -0.2) is 29.1 Å². The predicted octanol–water partition coefficient (Wildman–Crippen LogP) is 8.43. The second-order valence-corrected chi connectivity index (χ2v) is 14.5. The van der Waals surface area contributed by atoms with Gasteiger partial charge in [0.15, 0.2) is 5.69 Å². The Morgan fingerprint density at radius 1 is 0.895 bits per heavy atom. The van der Waals surface area contributed by atoms with Gasteiger partial charge in [0.2, 0.25) is 5.43 Å². The van der Waals surface area contributed by atoms with Crippen molar-refractivity contribution in [3.63, 3.8) is 0 Å². The number of alkyl halides is 3. The van der Waals surface area contributed by atoms with Gasteiger partial charge in [-0.05, 0) is 37.1 Å². The highest BCUT2D eigenvalue weighted by Gasteiger charge is 2.34. The van der Waals surface area contributed by atoms with Gasteiger partial charge >= 0.3 is 26.0 Å². The minimum atomic E-state index is -4.73. The summed E-state index contributed by atoms with van der Waals surface area (Å²) in [7, 11) is -4.36. The molecule has 2 amide bonds. The number of halogens is 3. The van der Waals surface area contributed by atoms with Crippen LogP contribution >= 0.6 is 19.2 Å². The maximum atomic E-state index is 14.1. The molecule has 4 heterocycles. The van der Waals surface area contributed by atoms with Crippen molar-refractivity contribution in [1.82, 2.24) is 24.8 Å². The number of aromatic nitrogens is 4. The third-order valence-corrected chi connectivity index (χ3v) is 10.2. The topological polar surface area (TPSA) is 173 Å². The van der Waals surface area contributed by atoms with Crippen molar-refractivity contribution in [2.45, 2.75) is 40.0 Å². The predicted molar refractivity (Wildman–Crippen MR) is 205 cm³/mol. The van der Waals surface area contributed by atoms with Crippen LogP contribution in [0.15, 0.2) is 102 Å². The number of thiazole rings is 1. The van der Waals surface area contributed by atoms with Crippen LogP contribution in [0, 0.1) is 0 Å². The normalized spacial score (nSPS) is 11.7. The van der Waals surface area contributed by atoms with E-state index in [1.165, 1.54) is 29.1 Å². The number of phosphoric acid groups is 1. The van der Waals surface area contributed by atoms with Gasteiger partial charge < -0.3 is 14.6 Å². The average Bonchev–Trinajstić information content (AvgIpc) is 3.72. The van der Waals surface area contributed by atoms with Crippen LogP contribution in [0.2, 0.25) is 0 Å². The van der Waals surface area contributed by atoms with Gasteiger partial charge in [-0.1, -0.05) is 60.7 Å². The number of benzene rings is 2. The number of nitrogens with zero attached hydrogens (tertiary/aromatic N) is 4. The second kappa shape index (κ2) is 18.0. The minimum Gasteiger partial charge on any atom is -0.462 e. The van der Waals surface area contributed by atoms with Crippen LogP contribution < -0.4 is 16.1 Å². The number of hydrogen-bond donors (Lipinski definition) is 2. The average molecular weight is 823 g/mol. The lowest BCUT2D eigenvalue weighted by atomic mass is 10.0. The van der Waals surface area contributed by atoms with Crippen molar-refractivity contribution >= 4 is 48.0 Å². The van der Waals surface area contributed by atoms with Crippen molar-refractivity contribution in [2.75, 3.05) is 18.5 Å². The van der Waals surface area contributed by atoms with Crippen LogP contribution in [0.1, 0.15) is 41.0 Å². The minimum absolute atomic E-state index is 0.00899. The number of ether oxygens (including phenoxy) is 1. The van der Waals surface area contributed by atoms with Crippen LogP contribution in [-0.2, 0) is 49.0 Å². The molecular weight excluding hydrogens is 788 g/mol. The van der Waals surface area contributed by atoms with E-state index in [0.717, 1.165) is 11.6 Å². The Balaban J connectivity index is 1.41. The molecule has 296 valence electrons. The standard InChI is InChI=1S/C38H34F3N6O8PS/c1-3-42-37(50)46-32-16-27(35-45-31(22-57-35)38(39,40)41)29(18-43-32)26-15-28-33(48)30(36(49)52-4-2)19-47(34(28)44-17-26)23-55-56(51,53-20-24-11-7-5-8-12-24)54-21-25-13-9-6-10-14-25/h5-19,22H,3-4,20-21,23H2,1-2H3,(H2,42,43,46,50). The molecule has 0 aliphatic carbocycles. The molecule has 4 aromatic heterocycles. The fourth-order valence-corrected chi connectivity index (χ4v) is 7.31. The second-order valence-electron chi connectivity index (χ2n) is 12.0. The first-order valence-electron chi connectivity index (χ1n) is 17.3. The molecule has 0 spiro atoms. The molecule has 57 heavy (non-hydrogen) atoms. The number of urea groups is 1. The smallest absolute Gasteiger partial charge is 0.462 e. The van der Waals surface area contributed by atoms with E-state index in [0.29, 0.717) is 29.0 Å². The lowest BCUT2D eigenvalue weighted by Crippen LogP contribution is -2.28. The van der Waals surface area contributed by atoms with Gasteiger partial charge in [-0.2, -0.15) is 13.2 Å². The summed E-state index contributed by atoms with van der Waals surface area (Å²) >= 11 is 0.710. The van der Waals surface area contributed by atoms with Crippen LogP contribution in [0.4, 0.5) is 23.8 Å². The fraction of sp³-hybridized carbons (Fsp3) is 0.211. The molecule has 0 atom stereocenters. The highest BCUT2D eigenvalue weighted by atomic mass is 32.1. The zero-order chi connectivity index (χ0) is 40.6. The van der Waals surface area contributed by atoms with Gasteiger partial charge in [-0.3, -0.25) is 23.7 Å². The number of hydrogen-bond acceptors (Lipinski definition) is 12. The van der Waals surface area contributed by atoms with Crippen molar-refractivity contribution in [3.05, 3.63) is 129 Å². The third-order valence-electron chi connectivity index (χ3n) is 8.05. The molecule has 6 aromatic rings. The van der Waals surface area contributed by atoms with Crippen LogP contribution in [-0.4, -0.2) is 44.7 Å². The van der Waals surface area contributed by atoms with Crippen molar-refractivity contribution in [2.24, 2.45) is 0 Å². The molecule has 14 nitrogen and oxygen atoms in total. The summed E-state index contributed by atoms with van der Waals surface area (Å²) in [6.45, 7) is 2.66. The Morgan fingerprint density at radius 2 is 1.56 bits per heavy atom. The molecule has 0 bridgehead atoms. The van der Waals surface area contributed by atoms with Gasteiger partial charge in [0, 0.05) is 47.2 Å². The first-order chi connectivity index (χ1) is 27.4. The van der Waals surface area contributed by atoms with Gasteiger partial charge in [0.1, 0.15) is 28.8 Å². The summed E-state index contributed by atoms with van der Waals surface area (Å²) in [6, 6.07) is 19.9. The zero-order valence-corrected chi connectivity index (χ0v) is 32.0. The molecular formula is C38H34F3N6O8PS. The SMILES string of the molecule is CCNC(=O)Nc1cc(-c2nc(C(F)(F)F)cs2)c(-c2cnc3c(c2)c(=O)c(C(=O)OCC)cn3COP(=O)(OCc2ccccc2)OCc2ccccc2)cn1. The van der Waals surface area contributed by atoms with Crippen LogP contribution in [0.25, 0.3) is 32.7 Å². The number of carbonyl (C=O) groups excluding carboxylic acids is 2. The van der Waals surface area contributed by atoms with E-state index in [1.54, 1.807) is 62.4 Å². The Hall–Kier alpha value is -5.78. The summed E-state index contributed by atoms with van der Waals surface area (Å²) in [5, 5.41) is 5.73. The van der Waals surface area contributed by atoms with E-state index in [1.807, 2.05) is 12.1 Å². The van der Waals surface area contributed by atoms with Crippen LogP contribution in [0.5, 0.6) is 0 Å². The van der Waals surface area contributed by atoms with E-state index >= 15 is 0 Å². The molecule has 0 saturated carbocycles. The third kappa shape index (κ3) is 10.2. The van der Waals surface area contributed by atoms with Crippen molar-refractivity contribution < 1.29 is 45.6 Å². The molecule has 19 heteroatoms. The highest BCUT2D eigenvalue weighted by Crippen LogP contribution is 2.51. The summed E-state index contributed by atoms with van der Waals surface area (Å²) in [4.78, 5) is 51.8. The molecule has 0 aliphatic heterocycles. The number of carbonyl (C=O) groups is 2. The molecule has 0 radical (unpaired) electrons. The lowest BCUT2D eigenvalue weighted by Gasteiger charge is -2.20. The maximum Gasteiger partial charge on any atom is 0.477 e. The Bertz CT molecular complexity index is 2440. The van der Waals surface area contributed by atoms with E-state index in [2.05, 4.69) is 25.6 Å². The maximum absolute atomic E-state index is 14.1. The number of pyridine rings is 3. The fourth-order valence-electron chi connectivity index (χ4n) is 5.35. The summed E-state index contributed by atoms with van der Waals surface area (Å²) in [6.07, 6.45) is -0.962. The largest absolute Gasteiger partial charge is 0.477 e. The lowest BCUT2D eigenvalue weighted by molar-refractivity contribution is -0.140. The van der Waals surface area contributed by atoms with Gasteiger partial charge in [-0.15, -0.1) is 11.3 Å². The molecule has 0 fully saturated rings. The van der Waals surface area contributed by atoms with Crippen LogP contribution in [0.3, 0.4) is 0 Å². The summed E-state index contributed by atoms with van der Waals surface area (Å²) in [5.41, 5.74) is -0.430. The molecule has 0 saturated heterocycles. The van der Waals surface area contributed by atoms with E-state index < -0.39 is 49.4 Å². The number of esters is 1. The summed E-state index contributed by atoms with van der Waals surface area (Å²) in [5.74, 6) is -0.951.